The summed E-state index contributed by atoms with van der Waals surface area (Å²) < 4.78 is 16.4. The molecule has 0 bridgehead atoms. The van der Waals surface area contributed by atoms with Gasteiger partial charge in [0, 0.05) is 25.0 Å². The predicted molar refractivity (Wildman–Crippen MR) is 84.2 cm³/mol. The number of aromatic hydroxyl groups is 1. The lowest BCUT2D eigenvalue weighted by Gasteiger charge is -2.13. The fraction of sp³-hybridized carbons (Fsp3) is 0.333. The zero-order chi connectivity index (χ0) is 15.7. The van der Waals surface area contributed by atoms with Crippen LogP contribution in [-0.4, -0.2) is 25.4 Å². The number of fused-ring (bicyclic) bond motifs is 1. The first-order valence-corrected chi connectivity index (χ1v) is 7.30. The molecule has 1 atom stereocenters. The lowest BCUT2D eigenvalue weighted by Crippen LogP contribution is -2.16. The number of hydrogen-bond donors (Lipinski definition) is 1. The summed E-state index contributed by atoms with van der Waals surface area (Å²) >= 11 is 0. The van der Waals surface area contributed by atoms with E-state index in [4.69, 9.17) is 14.2 Å². The molecule has 4 nitrogen and oxygen atoms in total. The summed E-state index contributed by atoms with van der Waals surface area (Å²) in [5.74, 6) is 2.61. The van der Waals surface area contributed by atoms with Gasteiger partial charge in [0.05, 0.1) is 14.2 Å². The van der Waals surface area contributed by atoms with E-state index in [1.807, 2.05) is 25.1 Å². The van der Waals surface area contributed by atoms with Crippen molar-refractivity contribution in [3.05, 3.63) is 47.0 Å². The molecule has 0 aromatic heterocycles. The van der Waals surface area contributed by atoms with Gasteiger partial charge in [-0.05, 0) is 35.7 Å². The Labute approximate surface area is 130 Å². The van der Waals surface area contributed by atoms with Crippen molar-refractivity contribution in [1.29, 1.82) is 0 Å². The van der Waals surface area contributed by atoms with Crippen molar-refractivity contribution in [2.75, 3.05) is 14.2 Å². The third kappa shape index (κ3) is 2.69. The van der Waals surface area contributed by atoms with E-state index in [1.54, 1.807) is 20.3 Å². The van der Waals surface area contributed by atoms with Gasteiger partial charge in [0.25, 0.3) is 0 Å². The molecule has 116 valence electrons. The molecule has 0 saturated heterocycles. The summed E-state index contributed by atoms with van der Waals surface area (Å²) in [6.45, 7) is 2.03. The largest absolute Gasteiger partial charge is 0.508 e. The number of benzene rings is 2. The summed E-state index contributed by atoms with van der Waals surface area (Å²) in [5, 5.41) is 10.1. The van der Waals surface area contributed by atoms with E-state index >= 15 is 0 Å². The van der Waals surface area contributed by atoms with E-state index < -0.39 is 0 Å². The molecule has 1 N–H and O–H groups in total. The molecule has 0 aliphatic carbocycles. The van der Waals surface area contributed by atoms with E-state index in [9.17, 15) is 5.11 Å². The van der Waals surface area contributed by atoms with Crippen LogP contribution in [0.3, 0.4) is 0 Å². The highest BCUT2D eigenvalue weighted by Crippen LogP contribution is 2.36. The van der Waals surface area contributed by atoms with E-state index in [0.717, 1.165) is 29.0 Å². The molecule has 1 aliphatic rings. The van der Waals surface area contributed by atoms with Gasteiger partial charge in [-0.3, -0.25) is 0 Å². The smallest absolute Gasteiger partial charge is 0.126 e. The first-order valence-electron chi connectivity index (χ1n) is 7.30. The highest BCUT2D eigenvalue weighted by atomic mass is 16.5. The van der Waals surface area contributed by atoms with Crippen LogP contribution < -0.4 is 14.2 Å². The zero-order valence-corrected chi connectivity index (χ0v) is 13.1. The van der Waals surface area contributed by atoms with Crippen LogP contribution in [0, 0.1) is 6.92 Å². The first-order chi connectivity index (χ1) is 10.6. The topological polar surface area (TPSA) is 47.9 Å². The normalized spacial score (nSPS) is 16.0. The van der Waals surface area contributed by atoms with Gasteiger partial charge in [-0.15, -0.1) is 0 Å². The Kier molecular flexibility index (Phi) is 3.84. The molecule has 1 heterocycles. The van der Waals surface area contributed by atoms with Gasteiger partial charge in [-0.25, -0.2) is 0 Å². The Morgan fingerprint density at radius 2 is 2.00 bits per heavy atom. The fourth-order valence-electron chi connectivity index (χ4n) is 2.89. The number of phenolic OH excluding ortho intramolecular Hbond substituents is 1. The van der Waals surface area contributed by atoms with Crippen molar-refractivity contribution < 1.29 is 19.3 Å². The number of ether oxygens (including phenoxy) is 3. The molecule has 1 aliphatic heterocycles. The molecule has 0 radical (unpaired) electrons. The number of rotatable bonds is 4. The summed E-state index contributed by atoms with van der Waals surface area (Å²) in [6, 6.07) is 9.42. The van der Waals surface area contributed by atoms with Gasteiger partial charge >= 0.3 is 0 Å². The van der Waals surface area contributed by atoms with Crippen LogP contribution in [0.25, 0.3) is 0 Å². The average Bonchev–Trinajstić information content (AvgIpc) is 2.89. The minimum absolute atomic E-state index is 0.0285. The summed E-state index contributed by atoms with van der Waals surface area (Å²) in [7, 11) is 3.25. The van der Waals surface area contributed by atoms with Gasteiger partial charge in [0.2, 0.25) is 0 Å². The lowest BCUT2D eigenvalue weighted by atomic mass is 10.0. The standard InChI is InChI=1S/C18H20O4/c1-11-6-13-8-15(22-18(13)10-17(11)21-3)7-12-4-5-14(20-2)9-16(12)19/h4-6,9-10,15,19H,7-8H2,1-3H3. The van der Waals surface area contributed by atoms with Crippen molar-refractivity contribution in [2.24, 2.45) is 0 Å². The van der Waals surface area contributed by atoms with Crippen LogP contribution in [-0.2, 0) is 12.8 Å². The van der Waals surface area contributed by atoms with Crippen LogP contribution in [0.4, 0.5) is 0 Å². The minimum atomic E-state index is 0.0285. The van der Waals surface area contributed by atoms with Crippen LogP contribution in [0.5, 0.6) is 23.0 Å². The zero-order valence-electron chi connectivity index (χ0n) is 13.1. The summed E-state index contributed by atoms with van der Waals surface area (Å²) in [5.41, 5.74) is 3.16. The predicted octanol–water partition coefficient (Wildman–Crippen LogP) is 3.26. The van der Waals surface area contributed by atoms with Crippen molar-refractivity contribution in [3.63, 3.8) is 0 Å². The van der Waals surface area contributed by atoms with E-state index in [-0.39, 0.29) is 11.9 Å². The molecule has 0 fully saturated rings. The van der Waals surface area contributed by atoms with E-state index in [1.165, 1.54) is 5.56 Å². The Hall–Kier alpha value is -2.36. The molecule has 0 amide bonds. The van der Waals surface area contributed by atoms with Crippen molar-refractivity contribution in [1.82, 2.24) is 0 Å². The SMILES string of the molecule is COc1ccc(CC2Cc3cc(C)c(OC)cc3O2)c(O)c1. The first kappa shape index (κ1) is 14.6. The molecule has 1 unspecified atom stereocenters. The molecule has 22 heavy (non-hydrogen) atoms. The Bertz CT molecular complexity index is 694. The highest BCUT2D eigenvalue weighted by Gasteiger charge is 2.25. The third-order valence-corrected chi connectivity index (χ3v) is 4.06. The van der Waals surface area contributed by atoms with Crippen LogP contribution in [0.15, 0.2) is 30.3 Å². The third-order valence-electron chi connectivity index (χ3n) is 4.06. The number of hydrogen-bond acceptors (Lipinski definition) is 4. The Balaban J connectivity index is 1.76. The van der Waals surface area contributed by atoms with Gasteiger partial charge in [0.15, 0.2) is 0 Å². The molecule has 3 rings (SSSR count). The highest BCUT2D eigenvalue weighted by molar-refractivity contribution is 5.49. The minimum Gasteiger partial charge on any atom is -0.508 e. The van der Waals surface area contributed by atoms with E-state index in [0.29, 0.717) is 12.2 Å². The Morgan fingerprint density at radius 1 is 1.18 bits per heavy atom. The van der Waals surface area contributed by atoms with Crippen LogP contribution >= 0.6 is 0 Å². The molecular weight excluding hydrogens is 280 g/mol. The van der Waals surface area contributed by atoms with Crippen molar-refractivity contribution in [2.45, 2.75) is 25.9 Å². The second kappa shape index (κ2) is 5.79. The average molecular weight is 300 g/mol. The molecule has 0 saturated carbocycles. The molecule has 2 aromatic carbocycles. The van der Waals surface area contributed by atoms with E-state index in [2.05, 4.69) is 6.07 Å². The molecular formula is C18H20O4. The lowest BCUT2D eigenvalue weighted by molar-refractivity contribution is 0.231. The second-order valence-corrected chi connectivity index (χ2v) is 5.57. The van der Waals surface area contributed by atoms with Crippen molar-refractivity contribution in [3.8, 4) is 23.0 Å². The maximum atomic E-state index is 10.1. The number of methoxy groups -OCH3 is 2. The van der Waals surface area contributed by atoms with Gasteiger partial charge in [-0.1, -0.05) is 6.07 Å². The molecule has 2 aromatic rings. The quantitative estimate of drug-likeness (QED) is 0.941. The maximum Gasteiger partial charge on any atom is 0.126 e. The van der Waals surface area contributed by atoms with Crippen LogP contribution in [0.1, 0.15) is 16.7 Å². The molecule has 4 heteroatoms. The maximum absolute atomic E-state index is 10.1. The monoisotopic (exact) mass is 300 g/mol. The van der Waals surface area contributed by atoms with Gasteiger partial charge in [-0.2, -0.15) is 0 Å². The number of phenols is 1. The molecule has 0 spiro atoms. The fourth-order valence-corrected chi connectivity index (χ4v) is 2.89. The van der Waals surface area contributed by atoms with Crippen molar-refractivity contribution >= 4 is 0 Å². The second-order valence-electron chi connectivity index (χ2n) is 5.57. The Morgan fingerprint density at radius 3 is 2.68 bits per heavy atom. The summed E-state index contributed by atoms with van der Waals surface area (Å²) in [4.78, 5) is 0. The van der Waals surface area contributed by atoms with Gasteiger partial charge < -0.3 is 19.3 Å². The summed E-state index contributed by atoms with van der Waals surface area (Å²) in [6.07, 6.45) is 1.53. The van der Waals surface area contributed by atoms with Crippen LogP contribution in [0.2, 0.25) is 0 Å². The van der Waals surface area contributed by atoms with Gasteiger partial charge in [0.1, 0.15) is 29.1 Å². The number of aryl methyl sites for hydroxylation is 1.